The van der Waals surface area contributed by atoms with Gasteiger partial charge >= 0.3 is 12.0 Å². The number of carbonyl (C=O) groups excluding carboxylic acids is 1. The van der Waals surface area contributed by atoms with Crippen molar-refractivity contribution in [2.45, 2.75) is 76.8 Å². The van der Waals surface area contributed by atoms with Gasteiger partial charge in [0.25, 0.3) is 0 Å². The maximum atomic E-state index is 12.4. The van der Waals surface area contributed by atoms with Crippen molar-refractivity contribution in [1.29, 1.82) is 0 Å². The lowest BCUT2D eigenvalue weighted by molar-refractivity contribution is -0.142. The number of urea groups is 1. The number of rotatable bonds is 4. The number of hydrogen-bond acceptors (Lipinski definition) is 2. The third kappa shape index (κ3) is 4.37. The van der Waals surface area contributed by atoms with Gasteiger partial charge in [0.1, 0.15) is 0 Å². The van der Waals surface area contributed by atoms with Crippen LogP contribution in [-0.4, -0.2) is 41.1 Å². The number of carboxylic acid groups (broad SMARTS) is 1. The number of nitrogens with zero attached hydrogens (tertiary/aromatic N) is 1. The summed E-state index contributed by atoms with van der Waals surface area (Å²) in [6.07, 6.45) is 9.22. The Labute approximate surface area is 133 Å². The van der Waals surface area contributed by atoms with Gasteiger partial charge in [0.05, 0.1) is 5.92 Å². The highest BCUT2D eigenvalue weighted by Gasteiger charge is 2.30. The van der Waals surface area contributed by atoms with Crippen LogP contribution >= 0.6 is 0 Å². The summed E-state index contributed by atoms with van der Waals surface area (Å²) in [5, 5.41) is 12.1. The molecule has 0 aromatic rings. The van der Waals surface area contributed by atoms with Crippen LogP contribution in [0.4, 0.5) is 4.79 Å². The molecule has 2 saturated carbocycles. The van der Waals surface area contributed by atoms with Crippen LogP contribution in [0, 0.1) is 11.8 Å². The zero-order valence-electron chi connectivity index (χ0n) is 13.9. The van der Waals surface area contributed by atoms with E-state index < -0.39 is 5.97 Å². The molecule has 0 radical (unpaired) electrons. The Hall–Kier alpha value is -1.26. The molecule has 2 rings (SSSR count). The molecule has 2 N–H and O–H groups in total. The topological polar surface area (TPSA) is 69.6 Å². The van der Waals surface area contributed by atoms with E-state index in [1.54, 1.807) is 0 Å². The molecule has 0 heterocycles. The molecule has 0 spiro atoms. The van der Waals surface area contributed by atoms with Crippen LogP contribution < -0.4 is 5.32 Å². The summed E-state index contributed by atoms with van der Waals surface area (Å²) in [6, 6.07) is 0.400. The summed E-state index contributed by atoms with van der Waals surface area (Å²) in [5.74, 6) is -0.313. The minimum absolute atomic E-state index is 0.00292. The van der Waals surface area contributed by atoms with E-state index in [9.17, 15) is 9.59 Å². The maximum Gasteiger partial charge on any atom is 0.317 e. The second-order valence-corrected chi connectivity index (χ2v) is 7.09. The summed E-state index contributed by atoms with van der Waals surface area (Å²) in [4.78, 5) is 25.2. The molecule has 2 aliphatic carbocycles. The van der Waals surface area contributed by atoms with Crippen molar-refractivity contribution >= 4 is 12.0 Å². The van der Waals surface area contributed by atoms with Gasteiger partial charge in [-0.05, 0) is 51.4 Å². The SMILES string of the molecule is CC(C1CCCCC1)N(C)C(=O)NC1CCC(C(=O)O)CC1. The van der Waals surface area contributed by atoms with Crippen LogP contribution in [0.3, 0.4) is 0 Å². The van der Waals surface area contributed by atoms with Crippen LogP contribution in [0.1, 0.15) is 64.7 Å². The van der Waals surface area contributed by atoms with Gasteiger partial charge < -0.3 is 15.3 Å². The van der Waals surface area contributed by atoms with Gasteiger partial charge in [-0.2, -0.15) is 0 Å². The summed E-state index contributed by atoms with van der Waals surface area (Å²) < 4.78 is 0. The number of carboxylic acids is 1. The van der Waals surface area contributed by atoms with Crippen LogP contribution in [0.5, 0.6) is 0 Å². The maximum absolute atomic E-state index is 12.4. The molecular formula is C17H30N2O3. The van der Waals surface area contributed by atoms with Gasteiger partial charge in [0, 0.05) is 19.1 Å². The molecular weight excluding hydrogens is 280 g/mol. The van der Waals surface area contributed by atoms with Gasteiger partial charge in [0.2, 0.25) is 0 Å². The third-order valence-corrected chi connectivity index (χ3v) is 5.67. The summed E-state index contributed by atoms with van der Waals surface area (Å²) >= 11 is 0. The van der Waals surface area contributed by atoms with Crippen molar-refractivity contribution in [3.63, 3.8) is 0 Å². The highest BCUT2D eigenvalue weighted by molar-refractivity contribution is 5.74. The molecule has 5 heteroatoms. The van der Waals surface area contributed by atoms with E-state index in [4.69, 9.17) is 5.11 Å². The Kier molecular flexibility index (Phi) is 6.09. The van der Waals surface area contributed by atoms with Crippen molar-refractivity contribution in [2.75, 3.05) is 7.05 Å². The van der Waals surface area contributed by atoms with Crippen molar-refractivity contribution in [1.82, 2.24) is 10.2 Å². The number of carbonyl (C=O) groups is 2. The molecule has 0 aliphatic heterocycles. The van der Waals surface area contributed by atoms with Gasteiger partial charge in [0.15, 0.2) is 0 Å². The normalized spacial score (nSPS) is 27.9. The second-order valence-electron chi connectivity index (χ2n) is 7.09. The van der Waals surface area contributed by atoms with Crippen molar-refractivity contribution in [3.05, 3.63) is 0 Å². The van der Waals surface area contributed by atoms with Gasteiger partial charge in [-0.3, -0.25) is 4.79 Å². The lowest BCUT2D eigenvalue weighted by Crippen LogP contribution is -2.49. The average molecular weight is 310 g/mol. The Morgan fingerprint density at radius 2 is 1.64 bits per heavy atom. The monoisotopic (exact) mass is 310 g/mol. The number of hydrogen-bond donors (Lipinski definition) is 2. The van der Waals surface area contributed by atoms with Crippen LogP contribution in [0.15, 0.2) is 0 Å². The Morgan fingerprint density at radius 1 is 1.05 bits per heavy atom. The lowest BCUT2D eigenvalue weighted by Gasteiger charge is -2.36. The van der Waals surface area contributed by atoms with Crippen LogP contribution in [0.25, 0.3) is 0 Å². The molecule has 0 aromatic heterocycles. The van der Waals surface area contributed by atoms with Crippen LogP contribution in [-0.2, 0) is 4.79 Å². The second kappa shape index (κ2) is 7.84. The first-order chi connectivity index (χ1) is 10.5. The molecule has 1 atom stereocenters. The minimum atomic E-state index is -0.701. The Balaban J connectivity index is 1.77. The first-order valence-electron chi connectivity index (χ1n) is 8.75. The van der Waals surface area contributed by atoms with Crippen molar-refractivity contribution < 1.29 is 14.7 Å². The molecule has 2 amide bonds. The molecule has 2 aliphatic rings. The molecule has 0 aromatic carbocycles. The van der Waals surface area contributed by atoms with E-state index in [-0.39, 0.29) is 24.0 Å². The molecule has 2 fully saturated rings. The zero-order chi connectivity index (χ0) is 16.1. The molecule has 0 bridgehead atoms. The van der Waals surface area contributed by atoms with Gasteiger partial charge in [-0.25, -0.2) is 4.79 Å². The van der Waals surface area contributed by atoms with E-state index >= 15 is 0 Å². The summed E-state index contributed by atoms with van der Waals surface area (Å²) in [6.45, 7) is 2.15. The van der Waals surface area contributed by atoms with E-state index in [0.29, 0.717) is 18.8 Å². The standard InChI is InChI=1S/C17H30N2O3/c1-12(13-6-4-3-5-7-13)19(2)17(22)18-15-10-8-14(9-11-15)16(20)21/h12-15H,3-11H2,1-2H3,(H,18,22)(H,20,21). The molecule has 22 heavy (non-hydrogen) atoms. The fraction of sp³-hybridized carbons (Fsp3) is 0.882. The molecule has 126 valence electrons. The molecule has 5 nitrogen and oxygen atoms in total. The molecule has 1 unspecified atom stereocenters. The smallest absolute Gasteiger partial charge is 0.317 e. The van der Waals surface area contributed by atoms with Crippen LogP contribution in [0.2, 0.25) is 0 Å². The summed E-state index contributed by atoms with van der Waals surface area (Å²) in [5.41, 5.74) is 0. The fourth-order valence-electron chi connectivity index (χ4n) is 3.88. The predicted molar refractivity (Wildman–Crippen MR) is 85.7 cm³/mol. The third-order valence-electron chi connectivity index (χ3n) is 5.67. The van der Waals surface area contributed by atoms with E-state index in [1.807, 2.05) is 11.9 Å². The lowest BCUT2D eigenvalue weighted by atomic mass is 9.84. The first kappa shape index (κ1) is 17.1. The van der Waals surface area contributed by atoms with E-state index in [2.05, 4.69) is 12.2 Å². The number of amides is 2. The van der Waals surface area contributed by atoms with E-state index in [1.165, 1.54) is 32.1 Å². The average Bonchev–Trinajstić information content (AvgIpc) is 2.54. The summed E-state index contributed by atoms with van der Waals surface area (Å²) in [7, 11) is 1.89. The largest absolute Gasteiger partial charge is 0.481 e. The first-order valence-corrected chi connectivity index (χ1v) is 8.75. The molecule has 0 saturated heterocycles. The highest BCUT2D eigenvalue weighted by atomic mass is 16.4. The Bertz CT molecular complexity index is 385. The van der Waals surface area contributed by atoms with Gasteiger partial charge in [-0.1, -0.05) is 19.3 Å². The quantitative estimate of drug-likeness (QED) is 0.837. The van der Waals surface area contributed by atoms with Crippen molar-refractivity contribution in [2.24, 2.45) is 11.8 Å². The van der Waals surface area contributed by atoms with E-state index in [0.717, 1.165) is 12.8 Å². The highest BCUT2D eigenvalue weighted by Crippen LogP contribution is 2.29. The number of aliphatic carboxylic acids is 1. The fourth-order valence-corrected chi connectivity index (χ4v) is 3.88. The Morgan fingerprint density at radius 3 is 2.18 bits per heavy atom. The minimum Gasteiger partial charge on any atom is -0.481 e. The van der Waals surface area contributed by atoms with Crippen molar-refractivity contribution in [3.8, 4) is 0 Å². The number of nitrogens with one attached hydrogen (secondary N) is 1. The zero-order valence-corrected chi connectivity index (χ0v) is 13.9. The van der Waals surface area contributed by atoms with Gasteiger partial charge in [-0.15, -0.1) is 0 Å². The predicted octanol–water partition coefficient (Wildman–Crippen LogP) is 3.24.